The maximum absolute atomic E-state index is 12.5. The average molecular weight is 348 g/mol. The summed E-state index contributed by atoms with van der Waals surface area (Å²) in [6.45, 7) is 0. The molecule has 0 saturated heterocycles. The van der Waals surface area contributed by atoms with Crippen LogP contribution in [0.3, 0.4) is 0 Å². The summed E-state index contributed by atoms with van der Waals surface area (Å²) in [5, 5.41) is 0. The number of hydrogen-bond donors (Lipinski definition) is 1. The normalized spacial score (nSPS) is 11.6. The van der Waals surface area contributed by atoms with E-state index in [1.165, 1.54) is 17.8 Å². The summed E-state index contributed by atoms with van der Waals surface area (Å²) in [4.78, 5) is 1.49. The molecule has 0 aliphatic carbocycles. The van der Waals surface area contributed by atoms with Crippen LogP contribution in [0.25, 0.3) is 0 Å². The van der Waals surface area contributed by atoms with Gasteiger partial charge < -0.3 is 5.73 Å². The van der Waals surface area contributed by atoms with Crippen molar-refractivity contribution in [2.24, 2.45) is 0 Å². The van der Waals surface area contributed by atoms with Gasteiger partial charge in [-0.25, -0.2) is 0 Å². The number of benzene rings is 2. The fourth-order valence-electron chi connectivity index (χ4n) is 1.46. The lowest BCUT2D eigenvalue weighted by Gasteiger charge is -2.11. The van der Waals surface area contributed by atoms with Gasteiger partial charge in [0, 0.05) is 20.0 Å². The Hall–Kier alpha value is -1.14. The first kappa shape index (κ1) is 14.3. The van der Waals surface area contributed by atoms with Gasteiger partial charge >= 0.3 is 6.18 Å². The molecule has 0 spiro atoms. The minimum atomic E-state index is -4.37. The maximum Gasteiger partial charge on any atom is 0.416 e. The molecule has 2 rings (SSSR count). The van der Waals surface area contributed by atoms with Crippen LogP contribution >= 0.6 is 27.7 Å². The highest BCUT2D eigenvalue weighted by atomic mass is 79.9. The second kappa shape index (κ2) is 5.46. The smallest absolute Gasteiger partial charge is 0.398 e. The van der Waals surface area contributed by atoms with Gasteiger partial charge in [0.25, 0.3) is 0 Å². The fraction of sp³-hybridized carbons (Fsp3) is 0.0769. The van der Waals surface area contributed by atoms with Crippen molar-refractivity contribution in [2.45, 2.75) is 16.0 Å². The Kier molecular flexibility index (Phi) is 4.10. The summed E-state index contributed by atoms with van der Waals surface area (Å²) in [5.74, 6) is 0. The van der Waals surface area contributed by atoms with Crippen molar-refractivity contribution < 1.29 is 13.2 Å². The van der Waals surface area contributed by atoms with E-state index in [1.807, 2.05) is 24.3 Å². The molecule has 0 fully saturated rings. The molecule has 100 valence electrons. The molecule has 0 radical (unpaired) electrons. The number of hydrogen-bond acceptors (Lipinski definition) is 2. The van der Waals surface area contributed by atoms with E-state index in [9.17, 15) is 13.2 Å². The largest absolute Gasteiger partial charge is 0.416 e. The molecule has 2 N–H and O–H groups in total. The summed E-state index contributed by atoms with van der Waals surface area (Å²) < 4.78 is 38.4. The molecule has 1 nitrogen and oxygen atoms in total. The average Bonchev–Trinajstić information content (AvgIpc) is 2.33. The van der Waals surface area contributed by atoms with Crippen molar-refractivity contribution in [2.75, 3.05) is 5.73 Å². The van der Waals surface area contributed by atoms with Crippen LogP contribution < -0.4 is 5.73 Å². The lowest BCUT2D eigenvalue weighted by atomic mass is 10.2. The van der Waals surface area contributed by atoms with E-state index in [-0.39, 0.29) is 5.69 Å². The molecule has 6 heteroatoms. The van der Waals surface area contributed by atoms with Gasteiger partial charge in [-0.3, -0.25) is 0 Å². The minimum absolute atomic E-state index is 0.121. The van der Waals surface area contributed by atoms with Gasteiger partial charge in [0.05, 0.1) is 5.56 Å². The van der Waals surface area contributed by atoms with Crippen molar-refractivity contribution in [3.8, 4) is 0 Å². The van der Waals surface area contributed by atoms with Gasteiger partial charge in [0.2, 0.25) is 0 Å². The molecule has 0 bridgehead atoms. The Bertz CT molecular complexity index is 599. The predicted octanol–water partition coefficient (Wildman–Crippen LogP) is 5.20. The number of rotatable bonds is 2. The van der Waals surface area contributed by atoms with Crippen LogP contribution in [0.1, 0.15) is 5.56 Å². The summed E-state index contributed by atoms with van der Waals surface area (Å²) in [7, 11) is 0. The predicted molar refractivity (Wildman–Crippen MR) is 74.1 cm³/mol. The highest BCUT2D eigenvalue weighted by molar-refractivity contribution is 9.10. The number of alkyl halides is 3. The van der Waals surface area contributed by atoms with E-state index in [4.69, 9.17) is 5.73 Å². The van der Waals surface area contributed by atoms with E-state index < -0.39 is 11.7 Å². The zero-order chi connectivity index (χ0) is 14.0. The van der Waals surface area contributed by atoms with Crippen molar-refractivity contribution in [3.05, 3.63) is 52.5 Å². The number of nitrogens with two attached hydrogens (primary N) is 1. The van der Waals surface area contributed by atoms with Gasteiger partial charge in [-0.1, -0.05) is 23.9 Å². The number of anilines is 1. The van der Waals surface area contributed by atoms with E-state index in [0.717, 1.165) is 21.5 Å². The van der Waals surface area contributed by atoms with Crippen molar-refractivity contribution in [3.63, 3.8) is 0 Å². The molecular formula is C13H9BrF3NS. The molecule has 0 aliphatic heterocycles. The van der Waals surface area contributed by atoms with Crippen LogP contribution in [-0.2, 0) is 6.18 Å². The Morgan fingerprint density at radius 3 is 2.26 bits per heavy atom. The van der Waals surface area contributed by atoms with E-state index in [2.05, 4.69) is 15.9 Å². The SMILES string of the molecule is Nc1cc(C(F)(F)F)ccc1Sc1ccccc1Br. The molecule has 0 heterocycles. The second-order valence-corrected chi connectivity index (χ2v) is 5.72. The molecule has 2 aromatic rings. The van der Waals surface area contributed by atoms with Crippen molar-refractivity contribution in [1.29, 1.82) is 0 Å². The maximum atomic E-state index is 12.5. The first-order valence-corrected chi connectivity index (χ1v) is 6.88. The lowest BCUT2D eigenvalue weighted by Crippen LogP contribution is -2.05. The van der Waals surface area contributed by atoms with Gasteiger partial charge in [0.1, 0.15) is 0 Å². The summed E-state index contributed by atoms with van der Waals surface area (Å²) >= 11 is 4.70. The Labute approximate surface area is 121 Å². The molecular weight excluding hydrogens is 339 g/mol. The summed E-state index contributed by atoms with van der Waals surface area (Å²) in [6, 6.07) is 10.8. The number of halogens is 4. The standard InChI is InChI=1S/C13H9BrF3NS/c14-9-3-1-2-4-11(9)19-12-6-5-8(7-10(12)18)13(15,16)17/h1-7H,18H2. The summed E-state index contributed by atoms with van der Waals surface area (Å²) in [5.41, 5.74) is 5.07. The van der Waals surface area contributed by atoms with Crippen LogP contribution in [0, 0.1) is 0 Å². The Morgan fingerprint density at radius 1 is 1.00 bits per heavy atom. The van der Waals surface area contributed by atoms with E-state index in [1.54, 1.807) is 0 Å². The highest BCUT2D eigenvalue weighted by Crippen LogP contribution is 2.39. The van der Waals surface area contributed by atoms with E-state index >= 15 is 0 Å². The van der Waals surface area contributed by atoms with Crippen LogP contribution in [0.4, 0.5) is 18.9 Å². The zero-order valence-electron chi connectivity index (χ0n) is 9.54. The van der Waals surface area contributed by atoms with Gasteiger partial charge in [-0.2, -0.15) is 13.2 Å². The van der Waals surface area contributed by atoms with Crippen LogP contribution in [0.5, 0.6) is 0 Å². The van der Waals surface area contributed by atoms with Gasteiger partial charge in [-0.05, 0) is 46.3 Å². The zero-order valence-corrected chi connectivity index (χ0v) is 11.9. The first-order valence-electron chi connectivity index (χ1n) is 5.27. The molecule has 0 aromatic heterocycles. The van der Waals surface area contributed by atoms with E-state index in [0.29, 0.717) is 4.90 Å². The molecule has 2 aromatic carbocycles. The molecule has 19 heavy (non-hydrogen) atoms. The van der Waals surface area contributed by atoms with Gasteiger partial charge in [-0.15, -0.1) is 0 Å². The summed E-state index contributed by atoms with van der Waals surface area (Å²) in [6.07, 6.45) is -4.37. The molecule has 0 aliphatic rings. The van der Waals surface area contributed by atoms with Crippen LogP contribution in [0.2, 0.25) is 0 Å². The Morgan fingerprint density at radius 2 is 1.68 bits per heavy atom. The fourth-order valence-corrected chi connectivity index (χ4v) is 2.85. The quantitative estimate of drug-likeness (QED) is 0.755. The van der Waals surface area contributed by atoms with Crippen molar-refractivity contribution in [1.82, 2.24) is 0 Å². The highest BCUT2D eigenvalue weighted by Gasteiger charge is 2.30. The number of nitrogen functional groups attached to an aromatic ring is 1. The Balaban J connectivity index is 2.30. The van der Waals surface area contributed by atoms with Crippen LogP contribution in [0.15, 0.2) is 56.7 Å². The third-order valence-corrected chi connectivity index (χ3v) is 4.52. The molecule has 0 amide bonds. The molecule has 0 atom stereocenters. The van der Waals surface area contributed by atoms with Crippen molar-refractivity contribution >= 4 is 33.4 Å². The third kappa shape index (κ3) is 3.45. The second-order valence-electron chi connectivity index (χ2n) is 3.78. The lowest BCUT2D eigenvalue weighted by molar-refractivity contribution is -0.137. The first-order chi connectivity index (χ1) is 8.88. The minimum Gasteiger partial charge on any atom is -0.398 e. The molecule has 0 unspecified atom stereocenters. The topological polar surface area (TPSA) is 26.0 Å². The van der Waals surface area contributed by atoms with Gasteiger partial charge in [0.15, 0.2) is 0 Å². The van der Waals surface area contributed by atoms with Crippen LogP contribution in [-0.4, -0.2) is 0 Å². The monoisotopic (exact) mass is 347 g/mol. The molecule has 0 saturated carbocycles. The third-order valence-electron chi connectivity index (χ3n) is 2.39.